The van der Waals surface area contributed by atoms with Crippen LogP contribution in [0.5, 0.6) is 0 Å². The molecule has 0 unspecified atom stereocenters. The van der Waals surface area contributed by atoms with Crippen LogP contribution in [0.1, 0.15) is 24.2 Å². The minimum absolute atomic E-state index is 0.0330. The van der Waals surface area contributed by atoms with Crippen LogP contribution in [-0.2, 0) is 4.74 Å². The Labute approximate surface area is 156 Å². The molecule has 4 rings (SSSR count). The first-order valence-electron chi connectivity index (χ1n) is 8.95. The lowest BCUT2D eigenvalue weighted by molar-refractivity contribution is -0.0586. The van der Waals surface area contributed by atoms with Crippen LogP contribution in [0.15, 0.2) is 55.0 Å². The average molecular weight is 368 g/mol. The number of aromatic nitrogens is 3. The number of benzene rings is 1. The van der Waals surface area contributed by atoms with Gasteiger partial charge in [0.05, 0.1) is 18.4 Å². The quantitative estimate of drug-likeness (QED) is 0.714. The Hall–Kier alpha value is -2.93. The molecule has 0 N–H and O–H groups in total. The molecule has 1 amide bonds. The van der Waals surface area contributed by atoms with Gasteiger partial charge in [-0.3, -0.25) is 4.79 Å². The van der Waals surface area contributed by atoms with Gasteiger partial charge in [-0.1, -0.05) is 12.1 Å². The molecule has 2 atom stereocenters. The summed E-state index contributed by atoms with van der Waals surface area (Å²) in [6.45, 7) is 4.93. The van der Waals surface area contributed by atoms with E-state index in [4.69, 9.17) is 4.74 Å². The molecule has 0 saturated carbocycles. The SMILES string of the molecule is C[C@@H]1CN(C(=O)c2cnn(-c3ccccc3F)c2-n2cccc2)C[C@@H](C)O1. The Kier molecular flexibility index (Phi) is 4.53. The number of nitrogens with zero attached hydrogens (tertiary/aromatic N) is 4. The van der Waals surface area contributed by atoms with Crippen molar-refractivity contribution in [1.29, 1.82) is 0 Å². The topological polar surface area (TPSA) is 52.3 Å². The van der Waals surface area contributed by atoms with Gasteiger partial charge in [0.25, 0.3) is 5.91 Å². The molecule has 27 heavy (non-hydrogen) atoms. The molecule has 7 heteroatoms. The van der Waals surface area contributed by atoms with Crippen LogP contribution < -0.4 is 0 Å². The van der Waals surface area contributed by atoms with Crippen molar-refractivity contribution in [1.82, 2.24) is 19.2 Å². The van der Waals surface area contributed by atoms with Crippen molar-refractivity contribution in [2.45, 2.75) is 26.1 Å². The van der Waals surface area contributed by atoms with Gasteiger partial charge < -0.3 is 14.2 Å². The summed E-state index contributed by atoms with van der Waals surface area (Å²) in [5.74, 6) is -0.0215. The monoisotopic (exact) mass is 368 g/mol. The molecule has 3 heterocycles. The molecule has 0 bridgehead atoms. The molecule has 3 aromatic rings. The number of para-hydroxylation sites is 1. The fourth-order valence-corrected chi connectivity index (χ4v) is 3.53. The summed E-state index contributed by atoms with van der Waals surface area (Å²) >= 11 is 0. The van der Waals surface area contributed by atoms with E-state index in [0.717, 1.165) is 0 Å². The summed E-state index contributed by atoms with van der Waals surface area (Å²) in [5, 5.41) is 4.33. The van der Waals surface area contributed by atoms with Crippen molar-refractivity contribution in [3.05, 3.63) is 66.4 Å². The standard InChI is InChI=1S/C20H21FN4O2/c1-14-12-24(13-15(2)27-14)20(26)16-11-22-25(18-8-4-3-7-17(18)21)19(16)23-9-5-6-10-23/h3-11,14-15H,12-13H2,1-2H3/t14-,15-/m1/s1. The summed E-state index contributed by atoms with van der Waals surface area (Å²) in [5.41, 5.74) is 0.722. The van der Waals surface area contributed by atoms with Crippen LogP contribution in [0.2, 0.25) is 0 Å². The molecule has 6 nitrogen and oxygen atoms in total. The molecule has 2 aromatic heterocycles. The Bertz CT molecular complexity index is 941. The third kappa shape index (κ3) is 3.26. The number of morpholine rings is 1. The molecular formula is C20H21FN4O2. The number of carbonyl (C=O) groups excluding carboxylic acids is 1. The summed E-state index contributed by atoms with van der Waals surface area (Å²) < 4.78 is 23.4. The van der Waals surface area contributed by atoms with Crippen LogP contribution >= 0.6 is 0 Å². The molecular weight excluding hydrogens is 347 g/mol. The van der Waals surface area contributed by atoms with Crippen molar-refractivity contribution in [3.8, 4) is 11.5 Å². The minimum atomic E-state index is -0.401. The van der Waals surface area contributed by atoms with Crippen molar-refractivity contribution >= 4 is 5.91 Å². The maximum Gasteiger partial charge on any atom is 0.259 e. The maximum atomic E-state index is 14.4. The first kappa shape index (κ1) is 17.5. The van der Waals surface area contributed by atoms with Crippen LogP contribution in [0.3, 0.4) is 0 Å². The first-order chi connectivity index (χ1) is 13.0. The lowest BCUT2D eigenvalue weighted by Gasteiger charge is -2.35. The molecule has 140 valence electrons. The van der Waals surface area contributed by atoms with Crippen LogP contribution in [0.25, 0.3) is 11.5 Å². The van der Waals surface area contributed by atoms with E-state index in [1.807, 2.05) is 38.4 Å². The van der Waals surface area contributed by atoms with Gasteiger partial charge in [0, 0.05) is 25.5 Å². The van der Waals surface area contributed by atoms with Gasteiger partial charge >= 0.3 is 0 Å². The van der Waals surface area contributed by atoms with Crippen LogP contribution in [0, 0.1) is 5.82 Å². The second-order valence-electron chi connectivity index (χ2n) is 6.80. The number of halogens is 1. The molecule has 0 aliphatic carbocycles. The largest absolute Gasteiger partial charge is 0.372 e. The molecule has 1 fully saturated rings. The highest BCUT2D eigenvalue weighted by atomic mass is 19.1. The molecule has 1 aliphatic heterocycles. The molecule has 1 saturated heterocycles. The number of rotatable bonds is 3. The summed E-state index contributed by atoms with van der Waals surface area (Å²) in [6.07, 6.45) is 5.07. The van der Waals surface area contributed by atoms with Gasteiger partial charge in [0.15, 0.2) is 5.82 Å². The smallest absolute Gasteiger partial charge is 0.259 e. The van der Waals surface area contributed by atoms with E-state index in [9.17, 15) is 9.18 Å². The highest BCUT2D eigenvalue weighted by Gasteiger charge is 2.30. The Morgan fingerprint density at radius 3 is 2.44 bits per heavy atom. The third-order valence-corrected chi connectivity index (χ3v) is 4.61. The lowest BCUT2D eigenvalue weighted by atomic mass is 10.2. The zero-order valence-electron chi connectivity index (χ0n) is 15.2. The number of carbonyl (C=O) groups is 1. The third-order valence-electron chi connectivity index (χ3n) is 4.61. The van der Waals surface area contributed by atoms with Gasteiger partial charge in [0.1, 0.15) is 17.1 Å². The van der Waals surface area contributed by atoms with Gasteiger partial charge in [-0.2, -0.15) is 5.10 Å². The van der Waals surface area contributed by atoms with Crippen molar-refractivity contribution in [3.63, 3.8) is 0 Å². The molecule has 1 aliphatic rings. The zero-order chi connectivity index (χ0) is 19.0. The molecule has 0 radical (unpaired) electrons. The Morgan fingerprint density at radius 1 is 1.11 bits per heavy atom. The van der Waals surface area contributed by atoms with Crippen LogP contribution in [-0.4, -0.2) is 50.5 Å². The van der Waals surface area contributed by atoms with Gasteiger partial charge in [-0.15, -0.1) is 0 Å². The van der Waals surface area contributed by atoms with Gasteiger partial charge in [0.2, 0.25) is 0 Å². The van der Waals surface area contributed by atoms with Crippen molar-refractivity contribution < 1.29 is 13.9 Å². The normalized spacial score (nSPS) is 20.0. The fraction of sp³-hybridized carbons (Fsp3) is 0.300. The minimum Gasteiger partial charge on any atom is -0.372 e. The second kappa shape index (κ2) is 7.00. The average Bonchev–Trinajstić information content (AvgIpc) is 3.30. The van der Waals surface area contributed by atoms with Gasteiger partial charge in [-0.05, 0) is 38.1 Å². The van der Waals surface area contributed by atoms with E-state index in [0.29, 0.717) is 30.2 Å². The molecule has 0 spiro atoms. The Balaban J connectivity index is 1.80. The van der Waals surface area contributed by atoms with E-state index in [1.54, 1.807) is 27.7 Å². The predicted molar refractivity (Wildman–Crippen MR) is 98.8 cm³/mol. The number of hydrogen-bond acceptors (Lipinski definition) is 3. The van der Waals surface area contributed by atoms with Gasteiger partial charge in [-0.25, -0.2) is 9.07 Å². The fourth-order valence-electron chi connectivity index (χ4n) is 3.53. The van der Waals surface area contributed by atoms with Crippen molar-refractivity contribution in [2.24, 2.45) is 0 Å². The maximum absolute atomic E-state index is 14.4. The molecule has 1 aromatic carbocycles. The number of hydrogen-bond donors (Lipinski definition) is 0. The summed E-state index contributed by atoms with van der Waals surface area (Å²) in [7, 11) is 0. The summed E-state index contributed by atoms with van der Waals surface area (Å²) in [4.78, 5) is 15.0. The number of amides is 1. The number of ether oxygens (including phenoxy) is 1. The van der Waals surface area contributed by atoms with Crippen molar-refractivity contribution in [2.75, 3.05) is 13.1 Å². The van der Waals surface area contributed by atoms with E-state index >= 15 is 0 Å². The van der Waals surface area contributed by atoms with E-state index < -0.39 is 5.82 Å². The Morgan fingerprint density at radius 2 is 1.78 bits per heavy atom. The second-order valence-corrected chi connectivity index (χ2v) is 6.80. The lowest BCUT2D eigenvalue weighted by Crippen LogP contribution is -2.48. The zero-order valence-corrected chi connectivity index (χ0v) is 15.2. The summed E-state index contributed by atoms with van der Waals surface area (Å²) in [6, 6.07) is 10.1. The van der Waals surface area contributed by atoms with E-state index in [1.165, 1.54) is 16.9 Å². The van der Waals surface area contributed by atoms with Crippen LogP contribution in [0.4, 0.5) is 4.39 Å². The first-order valence-corrected chi connectivity index (χ1v) is 8.95. The highest BCUT2D eigenvalue weighted by molar-refractivity contribution is 5.97. The predicted octanol–water partition coefficient (Wildman–Crippen LogP) is 3.05. The van der Waals surface area contributed by atoms with E-state index in [2.05, 4.69) is 5.10 Å². The van der Waals surface area contributed by atoms with E-state index in [-0.39, 0.29) is 18.1 Å². The highest BCUT2D eigenvalue weighted by Crippen LogP contribution is 2.24.